The molecule has 1 aliphatic rings. The zero-order valence-corrected chi connectivity index (χ0v) is 15.3. The molecule has 5 nitrogen and oxygen atoms in total. The number of carbonyl (C=O) groups is 1. The number of ketones is 1. The van der Waals surface area contributed by atoms with E-state index < -0.39 is 0 Å². The van der Waals surface area contributed by atoms with Gasteiger partial charge in [0.05, 0.1) is 17.0 Å². The van der Waals surface area contributed by atoms with Crippen LogP contribution in [0.1, 0.15) is 39.1 Å². The van der Waals surface area contributed by atoms with Crippen molar-refractivity contribution < 1.29 is 9.18 Å². The number of rotatable bonds is 2. The SMILES string of the molecule is Cc1nn2c3c(nnc2c1-c1ccc(F)cc1)C(=O)CC(c1cccs1)C3. The molecule has 4 aromatic rings. The highest BCUT2D eigenvalue weighted by atomic mass is 32.1. The Kier molecular flexibility index (Phi) is 3.65. The van der Waals surface area contributed by atoms with Crippen LogP contribution in [0.25, 0.3) is 16.8 Å². The number of fused-ring (bicyclic) bond motifs is 3. The van der Waals surface area contributed by atoms with E-state index in [9.17, 15) is 9.18 Å². The van der Waals surface area contributed by atoms with Gasteiger partial charge >= 0.3 is 0 Å². The summed E-state index contributed by atoms with van der Waals surface area (Å²) in [6, 6.07) is 10.3. The van der Waals surface area contributed by atoms with Crippen LogP contribution >= 0.6 is 11.3 Å². The van der Waals surface area contributed by atoms with Crippen LogP contribution in [0.4, 0.5) is 4.39 Å². The molecule has 0 aliphatic heterocycles. The molecule has 0 amide bonds. The maximum Gasteiger partial charge on any atom is 0.185 e. The molecular weight excluding hydrogens is 363 g/mol. The van der Waals surface area contributed by atoms with E-state index in [-0.39, 0.29) is 17.5 Å². The number of hydrogen-bond acceptors (Lipinski definition) is 5. The standard InChI is InChI=1S/C20H15FN4OS/c1-11-18(12-4-6-14(21)7-5-12)20-23-22-19-15(25(20)24-11)9-13(10-16(19)26)17-3-2-8-27-17/h2-8,13H,9-10H2,1H3. The van der Waals surface area contributed by atoms with Crippen LogP contribution in [-0.4, -0.2) is 25.6 Å². The predicted molar refractivity (Wildman–Crippen MR) is 101 cm³/mol. The minimum absolute atomic E-state index is 0.000496. The topological polar surface area (TPSA) is 60.1 Å². The fraction of sp³-hybridized carbons (Fsp3) is 0.200. The van der Waals surface area contributed by atoms with Crippen LogP contribution in [0.15, 0.2) is 41.8 Å². The van der Waals surface area contributed by atoms with Crippen LogP contribution in [0.3, 0.4) is 0 Å². The first-order valence-electron chi connectivity index (χ1n) is 8.69. The number of benzene rings is 1. The molecule has 0 saturated carbocycles. The minimum atomic E-state index is -0.291. The number of halogens is 1. The van der Waals surface area contributed by atoms with Gasteiger partial charge in [-0.2, -0.15) is 5.10 Å². The Morgan fingerprint density at radius 1 is 1.15 bits per heavy atom. The lowest BCUT2D eigenvalue weighted by molar-refractivity contribution is 0.0956. The third-order valence-corrected chi connectivity index (χ3v) is 6.06. The fourth-order valence-corrected chi connectivity index (χ4v) is 4.59. The molecular formula is C20H15FN4OS. The molecule has 0 fully saturated rings. The zero-order chi connectivity index (χ0) is 18.5. The van der Waals surface area contributed by atoms with Crippen molar-refractivity contribution in [3.05, 3.63) is 69.6 Å². The van der Waals surface area contributed by atoms with E-state index in [2.05, 4.69) is 21.4 Å². The second-order valence-electron chi connectivity index (χ2n) is 6.74. The maximum absolute atomic E-state index is 13.3. The molecule has 0 radical (unpaired) electrons. The lowest BCUT2D eigenvalue weighted by atomic mass is 9.87. The summed E-state index contributed by atoms with van der Waals surface area (Å²) in [5.74, 6) is -0.155. The van der Waals surface area contributed by atoms with Crippen LogP contribution in [0.5, 0.6) is 0 Å². The van der Waals surface area contributed by atoms with E-state index in [0.29, 0.717) is 24.2 Å². The Bertz CT molecular complexity index is 1170. The van der Waals surface area contributed by atoms with Crippen LogP contribution in [0.2, 0.25) is 0 Å². The van der Waals surface area contributed by atoms with Crippen molar-refractivity contribution in [3.8, 4) is 11.1 Å². The van der Waals surface area contributed by atoms with Gasteiger partial charge in [0, 0.05) is 23.6 Å². The summed E-state index contributed by atoms with van der Waals surface area (Å²) >= 11 is 1.66. The average molecular weight is 378 g/mol. The molecule has 0 bridgehead atoms. The Balaban J connectivity index is 1.69. The Labute approximate surface area is 158 Å². The number of aryl methyl sites for hydroxylation is 1. The van der Waals surface area contributed by atoms with Crippen molar-refractivity contribution in [1.29, 1.82) is 0 Å². The molecule has 3 aromatic heterocycles. The Morgan fingerprint density at radius 2 is 1.96 bits per heavy atom. The van der Waals surface area contributed by atoms with E-state index >= 15 is 0 Å². The van der Waals surface area contributed by atoms with Gasteiger partial charge < -0.3 is 0 Å². The smallest absolute Gasteiger partial charge is 0.185 e. The van der Waals surface area contributed by atoms with Crippen molar-refractivity contribution in [2.45, 2.75) is 25.7 Å². The zero-order valence-electron chi connectivity index (χ0n) is 14.5. The van der Waals surface area contributed by atoms with Crippen molar-refractivity contribution >= 4 is 22.8 Å². The number of Topliss-reactive ketones (excluding diaryl/α,β-unsaturated/α-hetero) is 1. The maximum atomic E-state index is 13.3. The lowest BCUT2D eigenvalue weighted by Crippen LogP contribution is -2.23. The monoisotopic (exact) mass is 378 g/mol. The average Bonchev–Trinajstić information content (AvgIpc) is 3.30. The molecule has 1 aromatic carbocycles. The molecule has 5 rings (SSSR count). The first-order valence-corrected chi connectivity index (χ1v) is 9.57. The van der Waals surface area contributed by atoms with E-state index in [1.54, 1.807) is 28.0 Å². The number of hydrogen-bond donors (Lipinski definition) is 0. The summed E-state index contributed by atoms with van der Waals surface area (Å²) in [5.41, 5.74) is 4.22. The minimum Gasteiger partial charge on any atom is -0.292 e. The first-order chi connectivity index (χ1) is 13.1. The molecule has 0 spiro atoms. The summed E-state index contributed by atoms with van der Waals surface area (Å²) in [5, 5.41) is 15.2. The van der Waals surface area contributed by atoms with E-state index in [0.717, 1.165) is 22.5 Å². The van der Waals surface area contributed by atoms with Crippen molar-refractivity contribution in [2.75, 3.05) is 0 Å². The van der Waals surface area contributed by atoms with Gasteiger partial charge in [0.15, 0.2) is 17.1 Å². The van der Waals surface area contributed by atoms with Gasteiger partial charge in [-0.15, -0.1) is 21.5 Å². The van der Waals surface area contributed by atoms with E-state index in [1.807, 2.05) is 18.4 Å². The number of nitrogens with zero attached hydrogens (tertiary/aromatic N) is 4. The Morgan fingerprint density at radius 3 is 2.70 bits per heavy atom. The number of aromatic nitrogens is 4. The fourth-order valence-electron chi connectivity index (χ4n) is 3.76. The Hall–Kier alpha value is -2.93. The third kappa shape index (κ3) is 2.57. The van der Waals surface area contributed by atoms with E-state index in [4.69, 9.17) is 0 Å². The summed E-state index contributed by atoms with van der Waals surface area (Å²) in [4.78, 5) is 13.8. The molecule has 1 unspecified atom stereocenters. The quantitative estimate of drug-likeness (QED) is 0.524. The summed E-state index contributed by atoms with van der Waals surface area (Å²) in [6.07, 6.45) is 1.14. The number of thiophene rings is 1. The highest BCUT2D eigenvalue weighted by molar-refractivity contribution is 7.10. The highest BCUT2D eigenvalue weighted by Gasteiger charge is 2.31. The molecule has 0 N–H and O–H groups in total. The van der Waals surface area contributed by atoms with E-state index in [1.165, 1.54) is 17.0 Å². The van der Waals surface area contributed by atoms with Crippen LogP contribution < -0.4 is 0 Å². The lowest BCUT2D eigenvalue weighted by Gasteiger charge is -2.21. The van der Waals surface area contributed by atoms with Gasteiger partial charge in [-0.1, -0.05) is 18.2 Å². The molecule has 3 heterocycles. The molecule has 1 atom stereocenters. The second kappa shape index (κ2) is 6.06. The molecule has 0 saturated heterocycles. The van der Waals surface area contributed by atoms with Crippen molar-refractivity contribution in [2.24, 2.45) is 0 Å². The number of carbonyl (C=O) groups excluding carboxylic acids is 1. The van der Waals surface area contributed by atoms with Crippen molar-refractivity contribution in [3.63, 3.8) is 0 Å². The first kappa shape index (κ1) is 16.3. The normalized spacial score (nSPS) is 16.7. The van der Waals surface area contributed by atoms with Gasteiger partial charge in [0.2, 0.25) is 0 Å². The van der Waals surface area contributed by atoms with Crippen molar-refractivity contribution in [1.82, 2.24) is 19.8 Å². The summed E-state index contributed by atoms with van der Waals surface area (Å²) < 4.78 is 15.0. The van der Waals surface area contributed by atoms with Gasteiger partial charge in [-0.25, -0.2) is 8.91 Å². The molecule has 7 heteroatoms. The third-order valence-electron chi connectivity index (χ3n) is 5.02. The van der Waals surface area contributed by atoms with Gasteiger partial charge in [-0.3, -0.25) is 4.79 Å². The summed E-state index contributed by atoms with van der Waals surface area (Å²) in [6.45, 7) is 1.89. The second-order valence-corrected chi connectivity index (χ2v) is 7.72. The predicted octanol–water partition coefficient (Wildman–Crippen LogP) is 4.21. The largest absolute Gasteiger partial charge is 0.292 e. The van der Waals surface area contributed by atoms with Gasteiger partial charge in [0.25, 0.3) is 0 Å². The molecule has 27 heavy (non-hydrogen) atoms. The van der Waals surface area contributed by atoms with Gasteiger partial charge in [-0.05, 0) is 36.1 Å². The van der Waals surface area contributed by atoms with Gasteiger partial charge in [0.1, 0.15) is 5.82 Å². The highest BCUT2D eigenvalue weighted by Crippen LogP contribution is 2.35. The van der Waals surface area contributed by atoms with Crippen LogP contribution in [0, 0.1) is 12.7 Å². The molecule has 134 valence electrons. The van der Waals surface area contributed by atoms with Crippen LogP contribution in [-0.2, 0) is 6.42 Å². The molecule has 1 aliphatic carbocycles. The summed E-state index contributed by atoms with van der Waals surface area (Å²) in [7, 11) is 0.